The van der Waals surface area contributed by atoms with Crippen LogP contribution < -0.4 is 16.2 Å². The highest BCUT2D eigenvalue weighted by molar-refractivity contribution is 6.46. The van der Waals surface area contributed by atoms with Crippen molar-refractivity contribution in [1.29, 1.82) is 0 Å². The molecule has 0 spiro atoms. The summed E-state index contributed by atoms with van der Waals surface area (Å²) in [6.07, 6.45) is 3.32. The van der Waals surface area contributed by atoms with Gasteiger partial charge in [0.1, 0.15) is 18.1 Å². The number of nitrogens with two attached hydrogens (primary N) is 2. The molecule has 0 aliphatic carbocycles. The smallest absolute Gasteiger partial charge is 0.267 e. The summed E-state index contributed by atoms with van der Waals surface area (Å²) < 4.78 is 5.64. The van der Waals surface area contributed by atoms with E-state index in [1.807, 2.05) is 18.2 Å². The van der Waals surface area contributed by atoms with Crippen LogP contribution in [0.4, 0.5) is 5.69 Å². The first-order valence-corrected chi connectivity index (χ1v) is 9.54. The summed E-state index contributed by atoms with van der Waals surface area (Å²) in [6, 6.07) is 10.6. The highest BCUT2D eigenvalue weighted by atomic mass is 16.5. The molecule has 0 atom stereocenters. The molecule has 5 N–H and O–H groups in total. The Kier molecular flexibility index (Phi) is 8.76. The number of primary amides is 1. The number of ether oxygens (including phenoxy) is 1. The monoisotopic (exact) mass is 413 g/mol. The quantitative estimate of drug-likeness (QED) is 0.451. The second kappa shape index (κ2) is 11.5. The highest BCUT2D eigenvalue weighted by Gasteiger charge is 2.18. The molecule has 2 heterocycles. The Morgan fingerprint density at radius 1 is 1.33 bits per heavy atom. The lowest BCUT2D eigenvalue weighted by Gasteiger charge is -2.11. The Morgan fingerprint density at radius 2 is 2.13 bits per heavy atom. The number of carbonyl (C=O) groups excluding carboxylic acids is 2. The van der Waals surface area contributed by atoms with Crippen LogP contribution in [0.5, 0.6) is 5.75 Å². The first-order valence-electron chi connectivity index (χ1n) is 9.54. The summed E-state index contributed by atoms with van der Waals surface area (Å²) in [6.45, 7) is 1.75. The van der Waals surface area contributed by atoms with Gasteiger partial charge in [-0.25, -0.2) is 0 Å². The van der Waals surface area contributed by atoms with E-state index in [9.17, 15) is 9.59 Å². The van der Waals surface area contributed by atoms with Gasteiger partial charge in [-0.15, -0.1) is 0 Å². The number of benzene rings is 1. The van der Waals surface area contributed by atoms with Gasteiger partial charge >= 0.3 is 0 Å². The lowest BCUT2D eigenvalue weighted by Crippen LogP contribution is -2.27. The van der Waals surface area contributed by atoms with Gasteiger partial charge in [0, 0.05) is 44.0 Å². The molecule has 1 aromatic heterocycles. The number of rotatable bonds is 7. The predicted octanol–water partition coefficient (Wildman–Crippen LogP) is 0.748. The van der Waals surface area contributed by atoms with Crippen LogP contribution in [0.3, 0.4) is 0 Å². The number of pyridine rings is 1. The van der Waals surface area contributed by atoms with E-state index >= 15 is 0 Å². The van der Waals surface area contributed by atoms with E-state index in [0.717, 1.165) is 18.7 Å². The van der Waals surface area contributed by atoms with Gasteiger partial charge in [0.25, 0.3) is 5.91 Å². The summed E-state index contributed by atoms with van der Waals surface area (Å²) in [5.41, 5.74) is 12.9. The average molecular weight is 413 g/mol. The third-order valence-electron chi connectivity index (χ3n) is 4.39. The number of hydrogen-bond donors (Lipinski definition) is 3. The zero-order valence-electron chi connectivity index (χ0n) is 17.0. The fourth-order valence-corrected chi connectivity index (χ4v) is 2.90. The zero-order chi connectivity index (χ0) is 21.9. The van der Waals surface area contributed by atoms with Gasteiger partial charge in [-0.1, -0.05) is 6.07 Å². The molecule has 0 saturated carbocycles. The first-order chi connectivity index (χ1) is 14.5. The number of aliphatic imine (C=N–C) groups is 1. The Balaban J connectivity index is 0.000000297. The molecule has 3 rings (SSSR count). The Morgan fingerprint density at radius 3 is 2.70 bits per heavy atom. The van der Waals surface area contributed by atoms with Crippen LogP contribution in [-0.2, 0) is 16.2 Å². The van der Waals surface area contributed by atoms with Crippen LogP contribution in [0, 0.1) is 0 Å². The second-order valence-electron chi connectivity index (χ2n) is 6.50. The van der Waals surface area contributed by atoms with E-state index in [4.69, 9.17) is 21.3 Å². The maximum atomic E-state index is 11.4. The number of hydrogen-bond acceptors (Lipinski definition) is 7. The summed E-state index contributed by atoms with van der Waals surface area (Å²) in [5.74, 6) is 0.113. The molecular formula is C21H27N5O4. The van der Waals surface area contributed by atoms with Crippen LogP contribution in [0.25, 0.3) is 0 Å². The second-order valence-corrected chi connectivity index (χ2v) is 6.50. The number of nitrogens with zero attached hydrogens (tertiary/aromatic N) is 3. The maximum absolute atomic E-state index is 11.4. The summed E-state index contributed by atoms with van der Waals surface area (Å²) in [7, 11) is 1.49. The van der Waals surface area contributed by atoms with Crippen LogP contribution in [0.2, 0.25) is 0 Å². The summed E-state index contributed by atoms with van der Waals surface area (Å²) in [5, 5.41) is 8.45. The van der Waals surface area contributed by atoms with Crippen molar-refractivity contribution in [2.24, 2.45) is 10.7 Å². The molecule has 1 aliphatic rings. The van der Waals surface area contributed by atoms with Gasteiger partial charge in [0.15, 0.2) is 0 Å². The van der Waals surface area contributed by atoms with Crippen molar-refractivity contribution >= 4 is 23.2 Å². The van der Waals surface area contributed by atoms with E-state index in [1.54, 1.807) is 29.3 Å². The molecular weight excluding hydrogens is 386 g/mol. The molecule has 1 aliphatic heterocycles. The van der Waals surface area contributed by atoms with Crippen molar-refractivity contribution in [3.63, 3.8) is 0 Å². The SMILES string of the molecule is CN=C(C(N)=O)c1cc(OCc2ccccn2)ccc1N.O=C1CCCN1CCO. The Hall–Kier alpha value is -3.46. The van der Waals surface area contributed by atoms with Gasteiger partial charge in [-0.05, 0) is 36.8 Å². The summed E-state index contributed by atoms with van der Waals surface area (Å²) >= 11 is 0. The third-order valence-corrected chi connectivity index (χ3v) is 4.39. The molecule has 0 unspecified atom stereocenters. The van der Waals surface area contributed by atoms with Crippen molar-refractivity contribution in [3.8, 4) is 5.75 Å². The number of amides is 2. The third kappa shape index (κ3) is 6.56. The van der Waals surface area contributed by atoms with Gasteiger partial charge < -0.3 is 26.2 Å². The minimum Gasteiger partial charge on any atom is -0.487 e. The average Bonchev–Trinajstić information content (AvgIpc) is 3.15. The minimum atomic E-state index is -0.633. The summed E-state index contributed by atoms with van der Waals surface area (Å²) in [4.78, 5) is 31.9. The topological polar surface area (TPSA) is 144 Å². The maximum Gasteiger partial charge on any atom is 0.267 e. The minimum absolute atomic E-state index is 0.0890. The number of β-amino-alcohol motifs (C(OH)–C–C–N with tert-alkyl or cyclic N) is 1. The van der Waals surface area contributed by atoms with E-state index in [0.29, 0.717) is 36.6 Å². The number of likely N-dealkylation sites (tertiary alicyclic amines) is 1. The number of anilines is 1. The van der Waals surface area contributed by atoms with Crippen molar-refractivity contribution in [2.45, 2.75) is 19.4 Å². The van der Waals surface area contributed by atoms with Gasteiger partial charge in [-0.2, -0.15) is 0 Å². The number of aliphatic hydroxyl groups excluding tert-OH is 1. The fraction of sp³-hybridized carbons (Fsp3) is 0.333. The van der Waals surface area contributed by atoms with E-state index in [2.05, 4.69) is 9.98 Å². The van der Waals surface area contributed by atoms with Gasteiger partial charge in [0.2, 0.25) is 5.91 Å². The van der Waals surface area contributed by atoms with E-state index < -0.39 is 5.91 Å². The van der Waals surface area contributed by atoms with Crippen molar-refractivity contribution in [3.05, 3.63) is 53.9 Å². The van der Waals surface area contributed by atoms with Crippen LogP contribution in [0.15, 0.2) is 47.6 Å². The number of aliphatic hydroxyl groups is 1. The Labute approximate surface area is 175 Å². The van der Waals surface area contributed by atoms with Crippen LogP contribution in [-0.4, -0.2) is 59.3 Å². The molecule has 160 valence electrons. The molecule has 9 nitrogen and oxygen atoms in total. The van der Waals surface area contributed by atoms with Crippen molar-refractivity contribution < 1.29 is 19.4 Å². The van der Waals surface area contributed by atoms with Crippen LogP contribution in [0.1, 0.15) is 24.1 Å². The molecule has 1 saturated heterocycles. The Bertz CT molecular complexity index is 886. The molecule has 0 bridgehead atoms. The molecule has 1 fully saturated rings. The predicted molar refractivity (Wildman–Crippen MR) is 114 cm³/mol. The van der Waals surface area contributed by atoms with Gasteiger partial charge in [0.05, 0.1) is 12.3 Å². The van der Waals surface area contributed by atoms with Crippen LogP contribution >= 0.6 is 0 Å². The standard InChI is InChI=1S/C15H16N4O2.C6H11NO2/c1-18-14(15(17)20)12-8-11(5-6-13(12)16)21-9-10-4-2-3-7-19-10;8-5-4-7-3-1-2-6(7)9/h2-8H,9,16H2,1H3,(H2,17,20);8H,1-5H2. The molecule has 2 amide bonds. The zero-order valence-corrected chi connectivity index (χ0v) is 17.0. The molecule has 0 radical (unpaired) electrons. The number of aromatic nitrogens is 1. The number of carbonyl (C=O) groups is 2. The normalized spacial score (nSPS) is 13.6. The molecule has 30 heavy (non-hydrogen) atoms. The highest BCUT2D eigenvalue weighted by Crippen LogP contribution is 2.21. The molecule has 9 heteroatoms. The van der Waals surface area contributed by atoms with Gasteiger partial charge in [-0.3, -0.25) is 19.6 Å². The first kappa shape index (κ1) is 22.8. The number of nitrogen functional groups attached to an aromatic ring is 1. The van der Waals surface area contributed by atoms with E-state index in [1.165, 1.54) is 7.05 Å². The van der Waals surface area contributed by atoms with Crippen molar-refractivity contribution in [1.82, 2.24) is 9.88 Å². The van der Waals surface area contributed by atoms with E-state index in [-0.39, 0.29) is 18.2 Å². The largest absolute Gasteiger partial charge is 0.487 e. The lowest BCUT2D eigenvalue weighted by atomic mass is 10.1. The lowest BCUT2D eigenvalue weighted by molar-refractivity contribution is -0.128. The molecule has 2 aromatic rings. The fourth-order valence-electron chi connectivity index (χ4n) is 2.90. The van der Waals surface area contributed by atoms with Crippen molar-refractivity contribution in [2.75, 3.05) is 32.5 Å². The molecule has 1 aromatic carbocycles.